The van der Waals surface area contributed by atoms with Gasteiger partial charge in [-0.05, 0) is 33.6 Å². The van der Waals surface area contributed by atoms with Crippen LogP contribution in [0.1, 0.15) is 46.5 Å². The lowest BCUT2D eigenvalue weighted by atomic mass is 9.96. The number of ketones is 1. The molecule has 0 aromatic carbocycles. The summed E-state index contributed by atoms with van der Waals surface area (Å²) in [6.07, 6.45) is 1.96. The van der Waals surface area contributed by atoms with E-state index >= 15 is 0 Å². The molecule has 1 N–H and O–H groups in total. The minimum Gasteiger partial charge on any atom is -0.446 e. The van der Waals surface area contributed by atoms with Crippen molar-refractivity contribution in [1.82, 2.24) is 5.32 Å². The quantitative estimate of drug-likeness (QED) is 0.725. The number of alkyl carbamates (subject to hydrolysis) is 1. The average molecular weight is 213 g/mol. The zero-order valence-corrected chi connectivity index (χ0v) is 9.63. The summed E-state index contributed by atoms with van der Waals surface area (Å²) in [5, 5.41) is 2.71. The fourth-order valence-electron chi connectivity index (χ4n) is 1.57. The first-order chi connectivity index (χ1) is 6.87. The van der Waals surface area contributed by atoms with Gasteiger partial charge < -0.3 is 10.1 Å². The second-order valence-electron chi connectivity index (χ2n) is 5.04. The zero-order valence-electron chi connectivity index (χ0n) is 9.63. The first-order valence-corrected chi connectivity index (χ1v) is 5.37. The van der Waals surface area contributed by atoms with E-state index in [0.29, 0.717) is 12.8 Å². The van der Waals surface area contributed by atoms with Gasteiger partial charge in [-0.2, -0.15) is 0 Å². The topological polar surface area (TPSA) is 55.4 Å². The Balaban J connectivity index is 2.34. The fourth-order valence-corrected chi connectivity index (χ4v) is 1.57. The summed E-state index contributed by atoms with van der Waals surface area (Å²) in [5.74, 6) is 0.190. The van der Waals surface area contributed by atoms with Crippen molar-refractivity contribution < 1.29 is 14.3 Å². The first-order valence-electron chi connectivity index (χ1n) is 5.37. The van der Waals surface area contributed by atoms with Crippen LogP contribution >= 0.6 is 0 Å². The molecule has 15 heavy (non-hydrogen) atoms. The van der Waals surface area contributed by atoms with Crippen LogP contribution in [0, 0.1) is 0 Å². The Labute approximate surface area is 90.4 Å². The van der Waals surface area contributed by atoms with Crippen molar-refractivity contribution >= 4 is 11.9 Å². The number of Topliss-reactive ketones (excluding diaryl/α,β-unsaturated/α-hetero) is 1. The molecule has 1 amide bonds. The lowest BCUT2D eigenvalue weighted by Crippen LogP contribution is -2.42. The molecule has 0 saturated heterocycles. The molecule has 4 nitrogen and oxygen atoms in total. The van der Waals surface area contributed by atoms with Gasteiger partial charge in [0.05, 0.1) is 0 Å². The SMILES string of the molecule is CC(C)(C)NC(=O)OC1CCCC(=O)C1. The van der Waals surface area contributed by atoms with Crippen molar-refractivity contribution in [3.05, 3.63) is 0 Å². The van der Waals surface area contributed by atoms with E-state index in [9.17, 15) is 9.59 Å². The van der Waals surface area contributed by atoms with Crippen molar-refractivity contribution in [2.24, 2.45) is 0 Å². The largest absolute Gasteiger partial charge is 0.446 e. The second-order valence-corrected chi connectivity index (χ2v) is 5.04. The highest BCUT2D eigenvalue weighted by molar-refractivity contribution is 5.80. The average Bonchev–Trinajstić information content (AvgIpc) is 1.99. The summed E-state index contributed by atoms with van der Waals surface area (Å²) in [7, 11) is 0. The summed E-state index contributed by atoms with van der Waals surface area (Å²) < 4.78 is 5.17. The Morgan fingerprint density at radius 3 is 2.67 bits per heavy atom. The molecule has 4 heteroatoms. The van der Waals surface area contributed by atoms with Crippen LogP contribution in [0.4, 0.5) is 4.79 Å². The Morgan fingerprint density at radius 1 is 1.47 bits per heavy atom. The van der Waals surface area contributed by atoms with Gasteiger partial charge in [-0.25, -0.2) is 4.79 Å². The highest BCUT2D eigenvalue weighted by Crippen LogP contribution is 2.18. The van der Waals surface area contributed by atoms with Gasteiger partial charge in [0.25, 0.3) is 0 Å². The Kier molecular flexibility index (Phi) is 3.72. The molecular weight excluding hydrogens is 194 g/mol. The molecule has 1 aliphatic carbocycles. The van der Waals surface area contributed by atoms with Crippen molar-refractivity contribution in [2.75, 3.05) is 0 Å². The molecule has 0 bridgehead atoms. The van der Waals surface area contributed by atoms with Gasteiger partial charge in [0.2, 0.25) is 0 Å². The molecular formula is C11H19NO3. The smallest absolute Gasteiger partial charge is 0.407 e. The van der Waals surface area contributed by atoms with E-state index in [1.807, 2.05) is 20.8 Å². The summed E-state index contributed by atoms with van der Waals surface area (Å²) in [6, 6.07) is 0. The molecule has 0 heterocycles. The number of ether oxygens (including phenoxy) is 1. The molecule has 86 valence electrons. The molecule has 1 saturated carbocycles. The van der Waals surface area contributed by atoms with E-state index in [-0.39, 0.29) is 17.4 Å². The lowest BCUT2D eigenvalue weighted by Gasteiger charge is -2.25. The molecule has 1 aliphatic rings. The van der Waals surface area contributed by atoms with E-state index in [1.54, 1.807) is 0 Å². The standard InChI is InChI=1S/C11H19NO3/c1-11(2,3)12-10(14)15-9-6-4-5-8(13)7-9/h9H,4-7H2,1-3H3,(H,12,14). The highest BCUT2D eigenvalue weighted by atomic mass is 16.6. The minimum atomic E-state index is -0.429. The van der Waals surface area contributed by atoms with Crippen molar-refractivity contribution in [2.45, 2.75) is 58.1 Å². The van der Waals surface area contributed by atoms with Crippen LogP contribution in [0.15, 0.2) is 0 Å². The summed E-state index contributed by atoms with van der Waals surface area (Å²) in [5.41, 5.74) is -0.296. The number of amides is 1. The molecule has 0 radical (unpaired) electrons. The van der Waals surface area contributed by atoms with Crippen LogP contribution < -0.4 is 5.32 Å². The maximum absolute atomic E-state index is 11.4. The molecule has 0 spiro atoms. The van der Waals surface area contributed by atoms with Gasteiger partial charge in [-0.15, -0.1) is 0 Å². The molecule has 1 atom stereocenters. The van der Waals surface area contributed by atoms with Crippen LogP contribution in [0.25, 0.3) is 0 Å². The molecule has 0 aliphatic heterocycles. The van der Waals surface area contributed by atoms with E-state index in [2.05, 4.69) is 5.32 Å². The maximum Gasteiger partial charge on any atom is 0.407 e. The predicted molar refractivity (Wildman–Crippen MR) is 56.6 cm³/mol. The molecule has 1 unspecified atom stereocenters. The third-order valence-electron chi connectivity index (χ3n) is 2.19. The first kappa shape index (κ1) is 12.0. The summed E-state index contributed by atoms with van der Waals surface area (Å²) >= 11 is 0. The highest BCUT2D eigenvalue weighted by Gasteiger charge is 2.24. The normalized spacial score (nSPS) is 22.3. The van der Waals surface area contributed by atoms with Crippen LogP contribution in [0.3, 0.4) is 0 Å². The van der Waals surface area contributed by atoms with Crippen molar-refractivity contribution in [3.63, 3.8) is 0 Å². The van der Waals surface area contributed by atoms with E-state index in [4.69, 9.17) is 4.74 Å². The third-order valence-corrected chi connectivity index (χ3v) is 2.19. The summed E-state index contributed by atoms with van der Waals surface area (Å²) in [4.78, 5) is 22.5. The Morgan fingerprint density at radius 2 is 2.13 bits per heavy atom. The number of carbonyl (C=O) groups excluding carboxylic acids is 2. The van der Waals surface area contributed by atoms with Gasteiger partial charge in [-0.3, -0.25) is 4.79 Å². The number of carbonyl (C=O) groups is 2. The molecule has 1 fully saturated rings. The van der Waals surface area contributed by atoms with E-state index < -0.39 is 6.09 Å². The number of rotatable bonds is 1. The fraction of sp³-hybridized carbons (Fsp3) is 0.818. The summed E-state index contributed by atoms with van der Waals surface area (Å²) in [6.45, 7) is 5.67. The van der Waals surface area contributed by atoms with E-state index in [1.165, 1.54) is 0 Å². The van der Waals surface area contributed by atoms with Crippen molar-refractivity contribution in [3.8, 4) is 0 Å². The maximum atomic E-state index is 11.4. The van der Waals surface area contributed by atoms with Gasteiger partial charge in [0.1, 0.15) is 11.9 Å². The number of nitrogens with one attached hydrogen (secondary N) is 1. The predicted octanol–water partition coefficient (Wildman–Crippen LogP) is 2.02. The van der Waals surface area contributed by atoms with Gasteiger partial charge >= 0.3 is 6.09 Å². The van der Waals surface area contributed by atoms with Crippen LogP contribution in [0.5, 0.6) is 0 Å². The minimum absolute atomic E-state index is 0.190. The van der Waals surface area contributed by atoms with E-state index in [0.717, 1.165) is 12.8 Å². The van der Waals surface area contributed by atoms with Gasteiger partial charge in [-0.1, -0.05) is 0 Å². The zero-order chi connectivity index (χ0) is 11.5. The van der Waals surface area contributed by atoms with Crippen LogP contribution in [0.2, 0.25) is 0 Å². The number of hydrogen-bond donors (Lipinski definition) is 1. The number of hydrogen-bond acceptors (Lipinski definition) is 3. The second kappa shape index (κ2) is 4.64. The molecule has 1 rings (SSSR count). The monoisotopic (exact) mass is 213 g/mol. The Hall–Kier alpha value is -1.06. The van der Waals surface area contributed by atoms with Crippen LogP contribution in [-0.4, -0.2) is 23.5 Å². The lowest BCUT2D eigenvalue weighted by molar-refractivity contribution is -0.123. The van der Waals surface area contributed by atoms with Gasteiger partial charge in [0, 0.05) is 18.4 Å². The Bertz CT molecular complexity index is 255. The van der Waals surface area contributed by atoms with Crippen molar-refractivity contribution in [1.29, 1.82) is 0 Å². The third kappa shape index (κ3) is 4.81. The molecule has 0 aromatic heterocycles. The molecule has 0 aromatic rings. The van der Waals surface area contributed by atoms with Gasteiger partial charge in [0.15, 0.2) is 0 Å². The van der Waals surface area contributed by atoms with Crippen LogP contribution in [-0.2, 0) is 9.53 Å².